The molecule has 0 heterocycles. The SMILES string of the molecule is COc1cccc(CCc2c(CCNC(=O)CCCCC(=O)NCCc3ccc(NS(C)(=O)=O)cc3)ccc(OC)c2OC)c1. The van der Waals surface area contributed by atoms with Gasteiger partial charge in [0, 0.05) is 37.2 Å². The van der Waals surface area contributed by atoms with E-state index < -0.39 is 10.0 Å². The highest BCUT2D eigenvalue weighted by molar-refractivity contribution is 7.92. The van der Waals surface area contributed by atoms with Crippen molar-refractivity contribution in [2.24, 2.45) is 0 Å². The van der Waals surface area contributed by atoms with E-state index in [9.17, 15) is 18.0 Å². The van der Waals surface area contributed by atoms with Gasteiger partial charge >= 0.3 is 0 Å². The lowest BCUT2D eigenvalue weighted by molar-refractivity contribution is -0.123. The number of aryl methyl sites for hydroxylation is 1. The van der Waals surface area contributed by atoms with Crippen LogP contribution in [0.2, 0.25) is 0 Å². The highest BCUT2D eigenvalue weighted by Gasteiger charge is 2.16. The molecule has 3 rings (SSSR count). The lowest BCUT2D eigenvalue weighted by Crippen LogP contribution is -2.26. The summed E-state index contributed by atoms with van der Waals surface area (Å²) in [4.78, 5) is 24.7. The number of carbonyl (C=O) groups excluding carboxylic acids is 2. The summed E-state index contributed by atoms with van der Waals surface area (Å²) in [6, 6.07) is 19.0. The standard InChI is InChI=1S/C34H45N3O7S/c1-42-29-9-7-8-26(24-29)14-18-30-27(15-19-31(43-2)34(30)44-3)21-23-36-33(39)11-6-5-10-32(38)35-22-20-25-12-16-28(17-13-25)37-45(4,40)41/h7-9,12-13,15-17,19,24,37H,5-6,10-11,14,18,20-23H2,1-4H3,(H,35,38)(H,36,39). The molecule has 0 aliphatic heterocycles. The van der Waals surface area contributed by atoms with E-state index in [1.165, 1.54) is 0 Å². The number of unbranched alkanes of at least 4 members (excludes halogenated alkanes) is 1. The van der Waals surface area contributed by atoms with Gasteiger partial charge in [0.05, 0.1) is 27.6 Å². The Kier molecular flexibility index (Phi) is 14.0. The fourth-order valence-electron chi connectivity index (χ4n) is 5.02. The van der Waals surface area contributed by atoms with Crippen molar-refractivity contribution in [3.63, 3.8) is 0 Å². The highest BCUT2D eigenvalue weighted by atomic mass is 32.2. The third kappa shape index (κ3) is 12.3. The molecule has 3 aromatic rings. The number of rotatable bonds is 19. The molecule has 0 fully saturated rings. The number of amides is 2. The molecule has 0 unspecified atom stereocenters. The van der Waals surface area contributed by atoms with E-state index >= 15 is 0 Å². The van der Waals surface area contributed by atoms with Gasteiger partial charge in [-0.05, 0) is 85.5 Å². The molecule has 10 nitrogen and oxygen atoms in total. The van der Waals surface area contributed by atoms with Crippen molar-refractivity contribution in [2.45, 2.75) is 51.4 Å². The first-order valence-electron chi connectivity index (χ1n) is 15.1. The van der Waals surface area contributed by atoms with Crippen molar-refractivity contribution >= 4 is 27.5 Å². The van der Waals surface area contributed by atoms with Crippen molar-refractivity contribution in [1.82, 2.24) is 10.6 Å². The van der Waals surface area contributed by atoms with Crippen molar-refractivity contribution in [2.75, 3.05) is 45.4 Å². The zero-order valence-electron chi connectivity index (χ0n) is 26.6. The molecule has 244 valence electrons. The van der Waals surface area contributed by atoms with E-state index in [1.54, 1.807) is 33.5 Å². The Hall–Kier alpha value is -4.25. The van der Waals surface area contributed by atoms with Crippen LogP contribution in [0.25, 0.3) is 0 Å². The Morgan fingerprint density at radius 3 is 1.98 bits per heavy atom. The monoisotopic (exact) mass is 639 g/mol. The Labute approximate surface area is 266 Å². The molecule has 0 saturated carbocycles. The van der Waals surface area contributed by atoms with Crippen LogP contribution in [0.3, 0.4) is 0 Å². The van der Waals surface area contributed by atoms with Crippen LogP contribution in [0.15, 0.2) is 60.7 Å². The maximum absolute atomic E-state index is 12.5. The molecule has 3 aromatic carbocycles. The lowest BCUT2D eigenvalue weighted by Gasteiger charge is -2.17. The number of anilines is 1. The summed E-state index contributed by atoms with van der Waals surface area (Å²) < 4.78 is 41.7. The van der Waals surface area contributed by atoms with Crippen LogP contribution in [0.1, 0.15) is 47.9 Å². The summed E-state index contributed by atoms with van der Waals surface area (Å²) in [7, 11) is 1.61. The number of ether oxygens (including phenoxy) is 3. The van der Waals surface area contributed by atoms with Crippen molar-refractivity contribution in [3.8, 4) is 17.2 Å². The van der Waals surface area contributed by atoms with Crippen LogP contribution in [-0.2, 0) is 45.3 Å². The molecule has 0 spiro atoms. The summed E-state index contributed by atoms with van der Waals surface area (Å²) in [6.45, 7) is 0.974. The molecule has 0 saturated heterocycles. The molecular weight excluding hydrogens is 594 g/mol. The molecule has 0 atom stereocenters. The Morgan fingerprint density at radius 1 is 0.711 bits per heavy atom. The molecule has 45 heavy (non-hydrogen) atoms. The van der Waals surface area contributed by atoms with Crippen LogP contribution >= 0.6 is 0 Å². The van der Waals surface area contributed by atoms with Crippen LogP contribution in [0.5, 0.6) is 17.2 Å². The van der Waals surface area contributed by atoms with Gasteiger partial charge in [-0.15, -0.1) is 0 Å². The summed E-state index contributed by atoms with van der Waals surface area (Å²) in [5, 5.41) is 5.90. The molecule has 0 bridgehead atoms. The molecule has 3 N–H and O–H groups in total. The molecule has 0 aliphatic rings. The van der Waals surface area contributed by atoms with Gasteiger partial charge in [0.15, 0.2) is 11.5 Å². The normalized spacial score (nSPS) is 11.0. The lowest BCUT2D eigenvalue weighted by atomic mass is 9.96. The van der Waals surface area contributed by atoms with Gasteiger partial charge in [-0.2, -0.15) is 0 Å². The minimum atomic E-state index is -3.31. The van der Waals surface area contributed by atoms with Gasteiger partial charge in [-0.1, -0.05) is 30.3 Å². The summed E-state index contributed by atoms with van der Waals surface area (Å²) in [5.41, 5.74) is 4.79. The van der Waals surface area contributed by atoms with Crippen molar-refractivity contribution < 1.29 is 32.2 Å². The number of benzene rings is 3. The third-order valence-electron chi connectivity index (χ3n) is 7.31. The smallest absolute Gasteiger partial charge is 0.229 e. The predicted octanol–water partition coefficient (Wildman–Crippen LogP) is 4.45. The summed E-state index contributed by atoms with van der Waals surface area (Å²) in [6.07, 6.45) is 5.88. The van der Waals surface area contributed by atoms with E-state index in [2.05, 4.69) is 21.4 Å². The first-order valence-corrected chi connectivity index (χ1v) is 17.0. The van der Waals surface area contributed by atoms with Crippen molar-refractivity contribution in [1.29, 1.82) is 0 Å². The van der Waals surface area contributed by atoms with Crippen LogP contribution in [0.4, 0.5) is 5.69 Å². The largest absolute Gasteiger partial charge is 0.497 e. The molecular formula is C34H45N3O7S. The number of carbonyl (C=O) groups is 2. The number of nitrogens with one attached hydrogen (secondary N) is 3. The third-order valence-corrected chi connectivity index (χ3v) is 7.92. The van der Waals surface area contributed by atoms with E-state index in [0.29, 0.717) is 68.8 Å². The quantitative estimate of drug-likeness (QED) is 0.165. The number of sulfonamides is 1. The van der Waals surface area contributed by atoms with Gasteiger partial charge in [0.2, 0.25) is 21.8 Å². The van der Waals surface area contributed by atoms with Gasteiger partial charge in [-0.25, -0.2) is 8.42 Å². The van der Waals surface area contributed by atoms with Gasteiger partial charge in [-0.3, -0.25) is 14.3 Å². The van der Waals surface area contributed by atoms with E-state index in [-0.39, 0.29) is 11.8 Å². The summed E-state index contributed by atoms with van der Waals surface area (Å²) >= 11 is 0. The molecule has 0 aromatic heterocycles. The highest BCUT2D eigenvalue weighted by Crippen LogP contribution is 2.35. The van der Waals surface area contributed by atoms with Crippen molar-refractivity contribution in [3.05, 3.63) is 82.9 Å². The maximum Gasteiger partial charge on any atom is 0.229 e. The summed E-state index contributed by atoms with van der Waals surface area (Å²) in [5.74, 6) is 2.11. The average molecular weight is 640 g/mol. The molecule has 2 amide bonds. The molecule has 0 radical (unpaired) electrons. The van der Waals surface area contributed by atoms with E-state index in [1.807, 2.05) is 42.5 Å². The zero-order valence-corrected chi connectivity index (χ0v) is 27.4. The maximum atomic E-state index is 12.5. The predicted molar refractivity (Wildman–Crippen MR) is 177 cm³/mol. The number of hydrogen-bond acceptors (Lipinski definition) is 7. The van der Waals surface area contributed by atoms with E-state index in [4.69, 9.17) is 14.2 Å². The minimum absolute atomic E-state index is 0.0392. The number of hydrogen-bond donors (Lipinski definition) is 3. The second kappa shape index (κ2) is 17.9. The Bertz CT molecular complexity index is 1510. The van der Waals surface area contributed by atoms with Crippen LogP contribution in [-0.4, -0.2) is 60.9 Å². The topological polar surface area (TPSA) is 132 Å². The Balaban J connectivity index is 1.38. The zero-order chi connectivity index (χ0) is 32.7. The van der Waals surface area contributed by atoms with Gasteiger partial charge < -0.3 is 24.8 Å². The van der Waals surface area contributed by atoms with Crippen LogP contribution in [0, 0.1) is 0 Å². The fourth-order valence-corrected chi connectivity index (χ4v) is 5.59. The van der Waals surface area contributed by atoms with E-state index in [0.717, 1.165) is 47.1 Å². The molecule has 0 aliphatic carbocycles. The van der Waals surface area contributed by atoms with Gasteiger partial charge in [0.25, 0.3) is 0 Å². The number of methoxy groups -OCH3 is 3. The minimum Gasteiger partial charge on any atom is -0.497 e. The first kappa shape index (κ1) is 35.2. The second-order valence-corrected chi connectivity index (χ2v) is 12.5. The Morgan fingerprint density at radius 2 is 1.38 bits per heavy atom. The van der Waals surface area contributed by atoms with Crippen LogP contribution < -0.4 is 29.6 Å². The fraction of sp³-hybridized carbons (Fsp3) is 0.412. The first-order chi connectivity index (χ1) is 21.6. The second-order valence-electron chi connectivity index (χ2n) is 10.8. The molecule has 11 heteroatoms. The van der Waals surface area contributed by atoms with Gasteiger partial charge in [0.1, 0.15) is 5.75 Å². The average Bonchev–Trinajstić information content (AvgIpc) is 3.02.